The Bertz CT molecular complexity index is 1270. The third-order valence-corrected chi connectivity index (χ3v) is 4.61. The minimum atomic E-state index is 0. The van der Waals surface area contributed by atoms with Crippen molar-refractivity contribution in [2.24, 2.45) is 0 Å². The first-order valence-electron chi connectivity index (χ1n) is 9.10. The molecule has 5 aromatic rings. The molecule has 0 unspecified atom stereocenters. The van der Waals surface area contributed by atoms with Gasteiger partial charge in [-0.3, -0.25) is 4.98 Å². The summed E-state index contributed by atoms with van der Waals surface area (Å²) in [6, 6.07) is 23.7. The van der Waals surface area contributed by atoms with Crippen LogP contribution in [0.1, 0.15) is 5.69 Å². The number of hydrogen-bond acceptors (Lipinski definition) is 4. The maximum absolute atomic E-state index is 5.87. The summed E-state index contributed by atoms with van der Waals surface area (Å²) >= 11 is 0. The molecule has 0 bridgehead atoms. The van der Waals surface area contributed by atoms with Gasteiger partial charge in [-0.2, -0.15) is 0 Å². The number of para-hydroxylation sites is 1. The highest BCUT2D eigenvalue weighted by atomic mass is 35.5. The normalized spacial score (nSPS) is 10.7. The second-order valence-electron chi connectivity index (χ2n) is 6.63. The standard InChI is InChI=1S/C23H18N4O.ClH/c1-15-13-21(22-19(26-15)11-12-20-23(22)25-14-24-20)27-16-7-9-18(10-8-16)28-17-5-3-2-4-6-17;/h2-14H,1H3,(H,24,25)(H,26,27);1H. The van der Waals surface area contributed by atoms with E-state index < -0.39 is 0 Å². The van der Waals surface area contributed by atoms with E-state index in [9.17, 15) is 0 Å². The van der Waals surface area contributed by atoms with Crippen LogP contribution in [0.5, 0.6) is 11.5 Å². The Morgan fingerprint density at radius 1 is 0.862 bits per heavy atom. The number of aromatic amines is 1. The Balaban J connectivity index is 0.00000205. The molecule has 5 rings (SSSR count). The van der Waals surface area contributed by atoms with Gasteiger partial charge in [0.2, 0.25) is 0 Å². The van der Waals surface area contributed by atoms with Crippen LogP contribution in [0, 0.1) is 6.92 Å². The number of halogens is 1. The summed E-state index contributed by atoms with van der Waals surface area (Å²) in [4.78, 5) is 12.3. The van der Waals surface area contributed by atoms with Gasteiger partial charge in [0.05, 0.1) is 28.6 Å². The zero-order valence-electron chi connectivity index (χ0n) is 15.7. The largest absolute Gasteiger partial charge is 0.457 e. The van der Waals surface area contributed by atoms with Crippen molar-refractivity contribution < 1.29 is 4.74 Å². The van der Waals surface area contributed by atoms with Crippen LogP contribution in [0.15, 0.2) is 79.1 Å². The number of benzene rings is 3. The van der Waals surface area contributed by atoms with E-state index in [2.05, 4.69) is 26.3 Å². The summed E-state index contributed by atoms with van der Waals surface area (Å²) < 4.78 is 5.87. The van der Waals surface area contributed by atoms with Gasteiger partial charge in [-0.25, -0.2) is 4.98 Å². The molecule has 0 radical (unpaired) electrons. The fraction of sp³-hybridized carbons (Fsp3) is 0.0435. The van der Waals surface area contributed by atoms with Crippen molar-refractivity contribution >= 4 is 45.7 Å². The van der Waals surface area contributed by atoms with E-state index in [1.807, 2.05) is 73.7 Å². The Hall–Kier alpha value is -3.57. The maximum Gasteiger partial charge on any atom is 0.127 e. The number of fused-ring (bicyclic) bond motifs is 3. The van der Waals surface area contributed by atoms with Crippen LogP contribution in [0.25, 0.3) is 21.9 Å². The number of H-pyrrole nitrogens is 1. The lowest BCUT2D eigenvalue weighted by molar-refractivity contribution is 0.483. The van der Waals surface area contributed by atoms with E-state index in [4.69, 9.17) is 4.74 Å². The Kier molecular flexibility index (Phi) is 5.06. The number of hydrogen-bond donors (Lipinski definition) is 2. The second-order valence-corrected chi connectivity index (χ2v) is 6.63. The first-order chi connectivity index (χ1) is 13.8. The van der Waals surface area contributed by atoms with Gasteiger partial charge in [0.25, 0.3) is 0 Å². The third-order valence-electron chi connectivity index (χ3n) is 4.61. The molecule has 0 spiro atoms. The summed E-state index contributed by atoms with van der Waals surface area (Å²) in [6.07, 6.45) is 1.71. The fourth-order valence-corrected chi connectivity index (χ4v) is 3.35. The van der Waals surface area contributed by atoms with Crippen molar-refractivity contribution in [3.63, 3.8) is 0 Å². The highest BCUT2D eigenvalue weighted by molar-refractivity contribution is 6.10. The van der Waals surface area contributed by atoms with Gasteiger partial charge in [0, 0.05) is 16.8 Å². The van der Waals surface area contributed by atoms with E-state index >= 15 is 0 Å². The van der Waals surface area contributed by atoms with Gasteiger partial charge in [-0.1, -0.05) is 18.2 Å². The van der Waals surface area contributed by atoms with Crippen molar-refractivity contribution in [1.29, 1.82) is 0 Å². The number of nitrogens with one attached hydrogen (secondary N) is 2. The number of imidazole rings is 1. The van der Waals surface area contributed by atoms with E-state index in [1.54, 1.807) is 6.33 Å². The topological polar surface area (TPSA) is 62.8 Å². The lowest BCUT2D eigenvalue weighted by atomic mass is 10.1. The molecule has 5 nitrogen and oxygen atoms in total. The smallest absolute Gasteiger partial charge is 0.127 e. The van der Waals surface area contributed by atoms with Crippen molar-refractivity contribution in [2.75, 3.05) is 5.32 Å². The second kappa shape index (κ2) is 7.81. The Morgan fingerprint density at radius 3 is 2.38 bits per heavy atom. The van der Waals surface area contributed by atoms with E-state index in [0.717, 1.165) is 50.5 Å². The molecule has 0 saturated carbocycles. The third kappa shape index (κ3) is 3.73. The van der Waals surface area contributed by atoms with Gasteiger partial charge in [0.1, 0.15) is 11.5 Å². The molecular formula is C23H19ClN4O. The van der Waals surface area contributed by atoms with E-state index in [-0.39, 0.29) is 12.4 Å². The van der Waals surface area contributed by atoms with Crippen molar-refractivity contribution in [1.82, 2.24) is 15.0 Å². The molecule has 0 aliphatic rings. The molecule has 2 aromatic heterocycles. The van der Waals surface area contributed by atoms with Gasteiger partial charge in [-0.15, -0.1) is 12.4 Å². The first kappa shape index (κ1) is 18.8. The molecule has 0 aliphatic heterocycles. The lowest BCUT2D eigenvalue weighted by Gasteiger charge is -2.12. The highest BCUT2D eigenvalue weighted by Crippen LogP contribution is 2.32. The maximum atomic E-state index is 5.87. The SMILES string of the molecule is Cc1cc(Nc2ccc(Oc3ccccc3)cc2)c2c(ccc3nc[nH]c32)n1.Cl. The van der Waals surface area contributed by atoms with Gasteiger partial charge < -0.3 is 15.0 Å². The number of ether oxygens (including phenoxy) is 1. The Labute approximate surface area is 174 Å². The van der Waals surface area contributed by atoms with Crippen molar-refractivity contribution in [2.45, 2.75) is 6.92 Å². The molecule has 3 aromatic carbocycles. The predicted octanol–water partition coefficient (Wildman–Crippen LogP) is 6.38. The van der Waals surface area contributed by atoms with Crippen LogP contribution in [0.3, 0.4) is 0 Å². The van der Waals surface area contributed by atoms with Crippen LogP contribution in [0.2, 0.25) is 0 Å². The summed E-state index contributed by atoms with van der Waals surface area (Å²) in [7, 11) is 0. The first-order valence-corrected chi connectivity index (χ1v) is 9.10. The minimum absolute atomic E-state index is 0. The zero-order chi connectivity index (χ0) is 18.9. The van der Waals surface area contributed by atoms with Crippen molar-refractivity contribution in [3.05, 3.63) is 84.8 Å². The molecular weight excluding hydrogens is 384 g/mol. The quantitative estimate of drug-likeness (QED) is 0.366. The summed E-state index contributed by atoms with van der Waals surface area (Å²) in [6.45, 7) is 2.00. The molecule has 0 atom stereocenters. The number of anilines is 2. The van der Waals surface area contributed by atoms with Gasteiger partial charge >= 0.3 is 0 Å². The molecule has 0 amide bonds. The van der Waals surface area contributed by atoms with Crippen LogP contribution in [-0.4, -0.2) is 15.0 Å². The average molecular weight is 403 g/mol. The van der Waals surface area contributed by atoms with Crippen LogP contribution in [-0.2, 0) is 0 Å². The number of pyridine rings is 1. The monoisotopic (exact) mass is 402 g/mol. The summed E-state index contributed by atoms with van der Waals surface area (Å²) in [5.74, 6) is 1.61. The number of aryl methyl sites for hydroxylation is 1. The van der Waals surface area contributed by atoms with Crippen LogP contribution in [0.4, 0.5) is 11.4 Å². The molecule has 29 heavy (non-hydrogen) atoms. The summed E-state index contributed by atoms with van der Waals surface area (Å²) in [5.41, 5.74) is 5.77. The van der Waals surface area contributed by atoms with Crippen LogP contribution >= 0.6 is 12.4 Å². The molecule has 2 N–H and O–H groups in total. The lowest BCUT2D eigenvalue weighted by Crippen LogP contribution is -1.95. The summed E-state index contributed by atoms with van der Waals surface area (Å²) in [5, 5.41) is 4.55. The zero-order valence-corrected chi connectivity index (χ0v) is 16.5. The average Bonchev–Trinajstić information content (AvgIpc) is 3.19. The number of nitrogens with zero attached hydrogens (tertiary/aromatic N) is 2. The fourth-order valence-electron chi connectivity index (χ4n) is 3.35. The highest BCUT2D eigenvalue weighted by Gasteiger charge is 2.10. The molecule has 6 heteroatoms. The minimum Gasteiger partial charge on any atom is -0.457 e. The van der Waals surface area contributed by atoms with E-state index in [1.165, 1.54) is 0 Å². The number of rotatable bonds is 4. The predicted molar refractivity (Wildman–Crippen MR) is 120 cm³/mol. The van der Waals surface area contributed by atoms with Crippen LogP contribution < -0.4 is 10.1 Å². The molecule has 0 fully saturated rings. The van der Waals surface area contributed by atoms with E-state index in [0.29, 0.717) is 0 Å². The Morgan fingerprint density at radius 2 is 1.59 bits per heavy atom. The molecule has 0 aliphatic carbocycles. The molecule has 144 valence electrons. The molecule has 0 saturated heterocycles. The van der Waals surface area contributed by atoms with Gasteiger partial charge in [-0.05, 0) is 61.5 Å². The number of aromatic nitrogens is 3. The molecule has 2 heterocycles. The van der Waals surface area contributed by atoms with Gasteiger partial charge in [0.15, 0.2) is 0 Å². The van der Waals surface area contributed by atoms with Crippen molar-refractivity contribution in [3.8, 4) is 11.5 Å².